The maximum Gasteiger partial charge on any atom is 0.355 e. The molecular formula is C8H6N4O3S2. The van der Waals surface area contributed by atoms with Gasteiger partial charge >= 0.3 is 5.97 Å². The summed E-state index contributed by atoms with van der Waals surface area (Å²) in [5, 5.41) is 16.8. The molecule has 0 radical (unpaired) electrons. The molecule has 0 aliphatic heterocycles. The molecular weight excluding hydrogens is 264 g/mol. The largest absolute Gasteiger partial charge is 0.476 e. The zero-order valence-corrected chi connectivity index (χ0v) is 9.92. The van der Waals surface area contributed by atoms with Crippen LogP contribution in [0.4, 0.5) is 0 Å². The third-order valence-electron chi connectivity index (χ3n) is 1.76. The summed E-state index contributed by atoms with van der Waals surface area (Å²) >= 11 is 2.17. The number of aromatic carboxylic acids is 1. The van der Waals surface area contributed by atoms with Crippen molar-refractivity contribution < 1.29 is 14.7 Å². The molecule has 9 heteroatoms. The molecule has 0 aromatic carbocycles. The monoisotopic (exact) mass is 270 g/mol. The molecule has 0 aliphatic carbocycles. The fraction of sp³-hybridized carbons (Fsp3) is 0.125. The van der Waals surface area contributed by atoms with Gasteiger partial charge in [-0.2, -0.15) is 0 Å². The molecule has 2 heterocycles. The Morgan fingerprint density at radius 3 is 2.88 bits per heavy atom. The zero-order chi connectivity index (χ0) is 12.3. The molecule has 0 bridgehead atoms. The average molecular weight is 270 g/mol. The number of carbonyl (C=O) groups excluding carboxylic acids is 1. The average Bonchev–Trinajstić information content (AvgIpc) is 2.97. The second-order valence-electron chi connectivity index (χ2n) is 2.90. The highest BCUT2D eigenvalue weighted by Crippen LogP contribution is 2.10. The van der Waals surface area contributed by atoms with E-state index in [0.717, 1.165) is 11.5 Å². The smallest absolute Gasteiger partial charge is 0.355 e. The Labute approximate surface area is 103 Å². The van der Waals surface area contributed by atoms with E-state index in [4.69, 9.17) is 5.11 Å². The van der Waals surface area contributed by atoms with Gasteiger partial charge in [0.1, 0.15) is 9.88 Å². The highest BCUT2D eigenvalue weighted by Gasteiger charge is 2.11. The van der Waals surface area contributed by atoms with Gasteiger partial charge in [0.15, 0.2) is 5.69 Å². The van der Waals surface area contributed by atoms with Crippen molar-refractivity contribution in [2.75, 3.05) is 0 Å². The molecule has 0 spiro atoms. The van der Waals surface area contributed by atoms with Gasteiger partial charge in [0.2, 0.25) is 0 Å². The van der Waals surface area contributed by atoms with Crippen LogP contribution in [0.3, 0.4) is 0 Å². The number of carboxylic acids is 1. The van der Waals surface area contributed by atoms with Crippen LogP contribution in [0.15, 0.2) is 11.6 Å². The van der Waals surface area contributed by atoms with Crippen molar-refractivity contribution in [1.82, 2.24) is 19.9 Å². The number of carboxylic acid groups (broad SMARTS) is 1. The first kappa shape index (κ1) is 11.6. The quantitative estimate of drug-likeness (QED) is 0.843. The van der Waals surface area contributed by atoms with E-state index in [1.165, 1.54) is 22.9 Å². The van der Waals surface area contributed by atoms with Gasteiger partial charge in [-0.15, -0.1) is 16.4 Å². The van der Waals surface area contributed by atoms with Gasteiger partial charge in [-0.3, -0.25) is 4.79 Å². The summed E-state index contributed by atoms with van der Waals surface area (Å²) < 4.78 is 3.57. The number of hydrogen-bond acceptors (Lipinski definition) is 7. The number of hydrogen-bond donors (Lipinski definition) is 2. The van der Waals surface area contributed by atoms with Crippen molar-refractivity contribution in [3.05, 3.63) is 27.2 Å². The highest BCUT2D eigenvalue weighted by atomic mass is 32.1. The van der Waals surface area contributed by atoms with Gasteiger partial charge in [0, 0.05) is 5.38 Å². The van der Waals surface area contributed by atoms with Crippen molar-refractivity contribution in [2.45, 2.75) is 6.54 Å². The van der Waals surface area contributed by atoms with E-state index in [0.29, 0.717) is 9.88 Å². The first-order valence-corrected chi connectivity index (χ1v) is 6.05. The minimum atomic E-state index is -1.08. The summed E-state index contributed by atoms with van der Waals surface area (Å²) in [6, 6.07) is 0. The topological polar surface area (TPSA) is 105 Å². The predicted octanol–water partition coefficient (Wildman–Crippen LogP) is 0.623. The number of amides is 1. The fourth-order valence-corrected chi connectivity index (χ4v) is 2.14. The van der Waals surface area contributed by atoms with Crippen molar-refractivity contribution in [3.8, 4) is 0 Å². The fourth-order valence-electron chi connectivity index (χ4n) is 1.00. The van der Waals surface area contributed by atoms with Crippen LogP contribution >= 0.6 is 22.9 Å². The predicted molar refractivity (Wildman–Crippen MR) is 60.2 cm³/mol. The first-order chi connectivity index (χ1) is 8.16. The molecule has 1 amide bonds. The molecule has 17 heavy (non-hydrogen) atoms. The van der Waals surface area contributed by atoms with E-state index in [1.807, 2.05) is 0 Å². The molecule has 0 aliphatic rings. The third-order valence-corrected chi connectivity index (χ3v) is 3.27. The molecule has 7 nitrogen and oxygen atoms in total. The van der Waals surface area contributed by atoms with Crippen LogP contribution in [-0.4, -0.2) is 31.6 Å². The van der Waals surface area contributed by atoms with Gasteiger partial charge in [0.05, 0.1) is 12.7 Å². The summed E-state index contributed by atoms with van der Waals surface area (Å²) in [4.78, 5) is 26.3. The molecule has 2 aromatic heterocycles. The lowest BCUT2D eigenvalue weighted by Crippen LogP contribution is -2.21. The number of rotatable bonds is 4. The Kier molecular flexibility index (Phi) is 3.40. The number of carbonyl (C=O) groups is 2. The molecule has 0 atom stereocenters. The molecule has 0 saturated carbocycles. The number of nitrogens with one attached hydrogen (secondary N) is 1. The van der Waals surface area contributed by atoms with E-state index in [9.17, 15) is 9.59 Å². The minimum absolute atomic E-state index is 0.0151. The highest BCUT2D eigenvalue weighted by molar-refractivity contribution is 7.09. The summed E-state index contributed by atoms with van der Waals surface area (Å²) in [6.07, 6.45) is 1.37. The normalized spacial score (nSPS) is 10.1. The van der Waals surface area contributed by atoms with Crippen LogP contribution in [0.2, 0.25) is 0 Å². The zero-order valence-electron chi connectivity index (χ0n) is 8.28. The lowest BCUT2D eigenvalue weighted by molar-refractivity contribution is 0.0691. The Hall–Kier alpha value is -1.87. The molecule has 2 aromatic rings. The number of thiazole rings is 1. The Bertz CT molecular complexity index is 537. The SMILES string of the molecule is O=C(O)c1csc(CNC(=O)c2cnns2)n1. The summed E-state index contributed by atoms with van der Waals surface area (Å²) in [6.45, 7) is 0.189. The summed E-state index contributed by atoms with van der Waals surface area (Å²) in [5.41, 5.74) is -0.0151. The van der Waals surface area contributed by atoms with Gasteiger partial charge in [0.25, 0.3) is 5.91 Å². The van der Waals surface area contributed by atoms with Crippen molar-refractivity contribution >= 4 is 34.7 Å². The lowest BCUT2D eigenvalue weighted by Gasteiger charge is -1.98. The standard InChI is InChI=1S/C8H6N4O3S2/c13-7(5-1-10-12-17-5)9-2-6-11-4(3-16-6)8(14)15/h1,3H,2H2,(H,9,13)(H,14,15). The summed E-state index contributed by atoms with van der Waals surface area (Å²) in [5.74, 6) is -1.38. The first-order valence-electron chi connectivity index (χ1n) is 4.40. The number of nitrogens with zero attached hydrogens (tertiary/aromatic N) is 3. The molecule has 0 fully saturated rings. The second-order valence-corrected chi connectivity index (χ2v) is 4.62. The third kappa shape index (κ3) is 2.82. The van der Waals surface area contributed by atoms with E-state index in [1.54, 1.807) is 0 Å². The Morgan fingerprint density at radius 1 is 1.47 bits per heavy atom. The molecule has 0 unspecified atom stereocenters. The maximum atomic E-state index is 11.5. The van der Waals surface area contributed by atoms with Gasteiger partial charge < -0.3 is 10.4 Å². The van der Waals surface area contributed by atoms with E-state index in [2.05, 4.69) is 19.9 Å². The van der Waals surface area contributed by atoms with Crippen molar-refractivity contribution in [3.63, 3.8) is 0 Å². The Morgan fingerprint density at radius 2 is 2.29 bits per heavy atom. The van der Waals surface area contributed by atoms with Crippen LogP contribution in [0.5, 0.6) is 0 Å². The lowest BCUT2D eigenvalue weighted by atomic mass is 10.5. The van der Waals surface area contributed by atoms with E-state index in [-0.39, 0.29) is 18.1 Å². The maximum absolute atomic E-state index is 11.5. The number of aromatic nitrogens is 3. The molecule has 2 rings (SSSR count). The van der Waals surface area contributed by atoms with Crippen molar-refractivity contribution in [1.29, 1.82) is 0 Å². The van der Waals surface area contributed by atoms with Crippen LogP contribution in [0.25, 0.3) is 0 Å². The molecule has 0 saturated heterocycles. The van der Waals surface area contributed by atoms with Crippen LogP contribution in [-0.2, 0) is 6.54 Å². The van der Waals surface area contributed by atoms with Gasteiger partial charge in [-0.25, -0.2) is 9.78 Å². The van der Waals surface area contributed by atoms with Crippen LogP contribution < -0.4 is 5.32 Å². The van der Waals surface area contributed by atoms with Gasteiger partial charge in [-0.1, -0.05) is 4.49 Å². The Balaban J connectivity index is 1.93. The minimum Gasteiger partial charge on any atom is -0.476 e. The molecule has 88 valence electrons. The van der Waals surface area contributed by atoms with Gasteiger partial charge in [-0.05, 0) is 11.5 Å². The van der Waals surface area contributed by atoms with E-state index >= 15 is 0 Å². The van der Waals surface area contributed by atoms with Crippen molar-refractivity contribution in [2.24, 2.45) is 0 Å². The van der Waals surface area contributed by atoms with Crippen LogP contribution in [0, 0.1) is 0 Å². The summed E-state index contributed by atoms with van der Waals surface area (Å²) in [7, 11) is 0. The molecule has 2 N–H and O–H groups in total. The second kappa shape index (κ2) is 4.97. The van der Waals surface area contributed by atoms with E-state index < -0.39 is 5.97 Å². The van der Waals surface area contributed by atoms with Crippen LogP contribution in [0.1, 0.15) is 25.2 Å².